The van der Waals surface area contributed by atoms with Crippen molar-refractivity contribution < 1.29 is 4.79 Å². The van der Waals surface area contributed by atoms with E-state index in [9.17, 15) is 4.79 Å². The van der Waals surface area contributed by atoms with E-state index in [1.165, 1.54) is 32.1 Å². The minimum atomic E-state index is 0.352. The zero-order valence-corrected chi connectivity index (χ0v) is 13.2. The lowest BCUT2D eigenvalue weighted by molar-refractivity contribution is -0.134. The minimum absolute atomic E-state index is 0.352. The van der Waals surface area contributed by atoms with Gasteiger partial charge in [0, 0.05) is 13.1 Å². The highest BCUT2D eigenvalue weighted by Crippen LogP contribution is 2.21. The number of piperidine rings is 2. The molecule has 0 aliphatic carbocycles. The van der Waals surface area contributed by atoms with Gasteiger partial charge in [0.1, 0.15) is 0 Å². The summed E-state index contributed by atoms with van der Waals surface area (Å²) in [7, 11) is 2.02. The molecule has 0 spiro atoms. The molecule has 1 amide bonds. The second-order valence-electron chi connectivity index (χ2n) is 6.68. The van der Waals surface area contributed by atoms with Crippen LogP contribution in [0.25, 0.3) is 0 Å². The van der Waals surface area contributed by atoms with E-state index in [1.54, 1.807) is 0 Å². The zero-order chi connectivity index (χ0) is 14.4. The molecule has 0 atom stereocenters. The third kappa shape index (κ3) is 4.74. The van der Waals surface area contributed by atoms with Crippen LogP contribution in [-0.4, -0.2) is 62.0 Å². The summed E-state index contributed by atoms with van der Waals surface area (Å²) in [5.41, 5.74) is 0. The SMILES string of the molecule is CNCCC1CCN(CC(=O)N2CCC(C)CC2)CC1. The van der Waals surface area contributed by atoms with Gasteiger partial charge in [0.2, 0.25) is 5.91 Å². The Bertz CT molecular complexity index is 292. The van der Waals surface area contributed by atoms with E-state index in [0.29, 0.717) is 12.5 Å². The van der Waals surface area contributed by atoms with Crippen LogP contribution in [0.15, 0.2) is 0 Å². The number of hydrogen-bond donors (Lipinski definition) is 1. The molecule has 2 aliphatic rings. The highest BCUT2D eigenvalue weighted by atomic mass is 16.2. The fourth-order valence-corrected chi connectivity index (χ4v) is 3.33. The predicted molar refractivity (Wildman–Crippen MR) is 82.7 cm³/mol. The van der Waals surface area contributed by atoms with Crippen LogP contribution >= 0.6 is 0 Å². The smallest absolute Gasteiger partial charge is 0.236 e. The van der Waals surface area contributed by atoms with Gasteiger partial charge in [-0.1, -0.05) is 6.92 Å². The number of likely N-dealkylation sites (tertiary alicyclic amines) is 2. The predicted octanol–water partition coefficient (Wildman–Crippen LogP) is 1.57. The topological polar surface area (TPSA) is 35.6 Å². The summed E-state index contributed by atoms with van der Waals surface area (Å²) in [6.07, 6.45) is 6.15. The lowest BCUT2D eigenvalue weighted by Gasteiger charge is -2.35. The van der Waals surface area contributed by atoms with Crippen molar-refractivity contribution in [3.8, 4) is 0 Å². The highest BCUT2D eigenvalue weighted by molar-refractivity contribution is 5.78. The second kappa shape index (κ2) is 7.99. The van der Waals surface area contributed by atoms with Crippen LogP contribution in [0.1, 0.15) is 39.0 Å². The van der Waals surface area contributed by atoms with Crippen molar-refractivity contribution in [1.29, 1.82) is 0 Å². The standard InChI is InChI=1S/C16H31N3O/c1-14-4-11-19(12-5-14)16(20)13-18-9-6-15(7-10-18)3-8-17-2/h14-15,17H,3-13H2,1-2H3. The Labute approximate surface area is 123 Å². The minimum Gasteiger partial charge on any atom is -0.342 e. The second-order valence-corrected chi connectivity index (χ2v) is 6.68. The first-order valence-electron chi connectivity index (χ1n) is 8.33. The van der Waals surface area contributed by atoms with Crippen molar-refractivity contribution in [2.24, 2.45) is 11.8 Å². The maximum absolute atomic E-state index is 12.3. The first-order valence-corrected chi connectivity index (χ1v) is 8.33. The first-order chi connectivity index (χ1) is 9.69. The van der Waals surface area contributed by atoms with Gasteiger partial charge in [0.25, 0.3) is 0 Å². The van der Waals surface area contributed by atoms with E-state index in [4.69, 9.17) is 0 Å². The molecule has 2 rings (SSSR count). The molecule has 2 heterocycles. The number of nitrogens with one attached hydrogen (secondary N) is 1. The summed E-state index contributed by atoms with van der Waals surface area (Å²) in [6.45, 7) is 8.20. The largest absolute Gasteiger partial charge is 0.342 e. The number of rotatable bonds is 5. The Kier molecular flexibility index (Phi) is 6.30. The van der Waals surface area contributed by atoms with E-state index in [-0.39, 0.29) is 0 Å². The molecule has 0 aromatic carbocycles. The van der Waals surface area contributed by atoms with Gasteiger partial charge >= 0.3 is 0 Å². The van der Waals surface area contributed by atoms with Gasteiger partial charge in [-0.2, -0.15) is 0 Å². The van der Waals surface area contributed by atoms with E-state index < -0.39 is 0 Å². The highest BCUT2D eigenvalue weighted by Gasteiger charge is 2.24. The summed E-state index contributed by atoms with van der Waals surface area (Å²) >= 11 is 0. The van der Waals surface area contributed by atoms with Crippen molar-refractivity contribution >= 4 is 5.91 Å². The molecule has 0 unspecified atom stereocenters. The fraction of sp³-hybridized carbons (Fsp3) is 0.938. The van der Waals surface area contributed by atoms with Gasteiger partial charge < -0.3 is 10.2 Å². The summed E-state index contributed by atoms with van der Waals surface area (Å²) in [5, 5.41) is 3.23. The lowest BCUT2D eigenvalue weighted by atomic mass is 9.93. The number of amides is 1. The maximum Gasteiger partial charge on any atom is 0.236 e. The summed E-state index contributed by atoms with van der Waals surface area (Å²) in [5.74, 6) is 2.00. The zero-order valence-electron chi connectivity index (χ0n) is 13.2. The lowest BCUT2D eigenvalue weighted by Crippen LogP contribution is -2.46. The molecule has 0 radical (unpaired) electrons. The van der Waals surface area contributed by atoms with Crippen LogP contribution in [0.5, 0.6) is 0 Å². The monoisotopic (exact) mass is 281 g/mol. The summed E-state index contributed by atoms with van der Waals surface area (Å²) in [6, 6.07) is 0. The van der Waals surface area contributed by atoms with Gasteiger partial charge in [-0.25, -0.2) is 0 Å². The third-order valence-electron chi connectivity index (χ3n) is 5.00. The molecule has 2 saturated heterocycles. The number of hydrogen-bond acceptors (Lipinski definition) is 3. The molecule has 2 aliphatic heterocycles. The number of nitrogens with zero attached hydrogens (tertiary/aromatic N) is 2. The van der Waals surface area contributed by atoms with Crippen LogP contribution in [0.2, 0.25) is 0 Å². The normalized spacial score (nSPS) is 23.2. The molecule has 116 valence electrons. The Morgan fingerprint density at radius 1 is 1.10 bits per heavy atom. The first kappa shape index (κ1) is 15.8. The molecule has 20 heavy (non-hydrogen) atoms. The number of carbonyl (C=O) groups excluding carboxylic acids is 1. The van der Waals surface area contributed by atoms with Crippen molar-refractivity contribution in [1.82, 2.24) is 15.1 Å². The van der Waals surface area contributed by atoms with Crippen LogP contribution in [0, 0.1) is 11.8 Å². The summed E-state index contributed by atoms with van der Waals surface area (Å²) in [4.78, 5) is 16.7. The van der Waals surface area contributed by atoms with Crippen LogP contribution < -0.4 is 5.32 Å². The average Bonchev–Trinajstić information content (AvgIpc) is 2.47. The summed E-state index contributed by atoms with van der Waals surface area (Å²) < 4.78 is 0. The maximum atomic E-state index is 12.3. The molecule has 0 bridgehead atoms. The van der Waals surface area contributed by atoms with Crippen molar-refractivity contribution in [2.45, 2.75) is 39.0 Å². The van der Waals surface area contributed by atoms with Gasteiger partial charge in [-0.3, -0.25) is 9.69 Å². The van der Waals surface area contributed by atoms with Crippen LogP contribution in [0.3, 0.4) is 0 Å². The molecule has 0 saturated carbocycles. The molecule has 0 aromatic rings. The molecule has 2 fully saturated rings. The Morgan fingerprint density at radius 3 is 2.35 bits per heavy atom. The molecule has 0 aromatic heterocycles. The Balaban J connectivity index is 1.66. The van der Waals surface area contributed by atoms with Crippen molar-refractivity contribution in [3.05, 3.63) is 0 Å². The number of carbonyl (C=O) groups is 1. The van der Waals surface area contributed by atoms with Crippen molar-refractivity contribution in [3.63, 3.8) is 0 Å². The molecular weight excluding hydrogens is 250 g/mol. The molecule has 1 N–H and O–H groups in total. The molecule has 4 nitrogen and oxygen atoms in total. The van der Waals surface area contributed by atoms with Crippen LogP contribution in [0.4, 0.5) is 0 Å². The third-order valence-corrected chi connectivity index (χ3v) is 5.00. The van der Waals surface area contributed by atoms with E-state index in [2.05, 4.69) is 22.0 Å². The van der Waals surface area contributed by atoms with Crippen LogP contribution in [-0.2, 0) is 4.79 Å². The van der Waals surface area contributed by atoms with E-state index in [1.807, 2.05) is 7.05 Å². The van der Waals surface area contributed by atoms with Gasteiger partial charge in [-0.15, -0.1) is 0 Å². The fourth-order valence-electron chi connectivity index (χ4n) is 3.33. The average molecular weight is 281 g/mol. The van der Waals surface area contributed by atoms with Gasteiger partial charge in [-0.05, 0) is 70.6 Å². The molecular formula is C16H31N3O. The Morgan fingerprint density at radius 2 is 1.75 bits per heavy atom. The van der Waals surface area contributed by atoms with E-state index >= 15 is 0 Å². The quantitative estimate of drug-likeness (QED) is 0.831. The van der Waals surface area contributed by atoms with Gasteiger partial charge in [0.15, 0.2) is 0 Å². The molecule has 4 heteroatoms. The van der Waals surface area contributed by atoms with Gasteiger partial charge in [0.05, 0.1) is 6.54 Å². The Hall–Kier alpha value is -0.610. The van der Waals surface area contributed by atoms with E-state index in [0.717, 1.165) is 44.6 Å². The van der Waals surface area contributed by atoms with Crippen molar-refractivity contribution in [2.75, 3.05) is 46.3 Å².